The van der Waals surface area contributed by atoms with Gasteiger partial charge in [0.25, 0.3) is 0 Å². The zero-order valence-electron chi connectivity index (χ0n) is 19.0. The highest BCUT2D eigenvalue weighted by Crippen LogP contribution is 2.24. The van der Waals surface area contributed by atoms with E-state index in [2.05, 4.69) is 45.0 Å². The molecule has 0 aliphatic carbocycles. The summed E-state index contributed by atoms with van der Waals surface area (Å²) in [7, 11) is 0. The largest absolute Gasteiger partial charge is 0.462 e. The van der Waals surface area contributed by atoms with Crippen LogP contribution < -0.4 is 10.6 Å². The number of hydrogen-bond acceptors (Lipinski definition) is 5. The Kier molecular flexibility index (Phi) is 10.4. The Morgan fingerprint density at radius 1 is 1.31 bits per heavy atom. The fraction of sp³-hybridized carbons (Fsp3) is 0.435. The molecular formula is C23H32IN5O2S. The Morgan fingerprint density at radius 2 is 2.09 bits per heavy atom. The topological polar surface area (TPSA) is 91.4 Å². The average molecular weight is 570 g/mol. The van der Waals surface area contributed by atoms with Crippen LogP contribution in [0.1, 0.15) is 59.2 Å². The number of para-hydroxylation sites is 1. The number of benzene rings is 1. The van der Waals surface area contributed by atoms with Crippen molar-refractivity contribution in [3.63, 3.8) is 0 Å². The van der Waals surface area contributed by atoms with Gasteiger partial charge in [0.05, 0.1) is 18.3 Å². The molecule has 9 heteroatoms. The molecule has 3 rings (SSSR count). The first-order valence-electron chi connectivity index (χ1n) is 10.8. The molecule has 0 saturated heterocycles. The number of aromatic nitrogens is 2. The number of nitrogens with zero attached hydrogens (tertiary/aromatic N) is 2. The minimum absolute atomic E-state index is 0. The number of carbonyl (C=O) groups excluding carboxylic acids is 1. The number of guanidine groups is 1. The average Bonchev–Trinajstić information content (AvgIpc) is 3.35. The summed E-state index contributed by atoms with van der Waals surface area (Å²) in [5.41, 5.74) is 3.19. The number of rotatable bonds is 9. The van der Waals surface area contributed by atoms with E-state index in [0.717, 1.165) is 30.4 Å². The highest BCUT2D eigenvalue weighted by atomic mass is 127. The van der Waals surface area contributed by atoms with E-state index in [1.165, 1.54) is 27.8 Å². The number of aliphatic imine (C=N–C) groups is 1. The fourth-order valence-electron chi connectivity index (χ4n) is 3.37. The van der Waals surface area contributed by atoms with Crippen molar-refractivity contribution in [3.05, 3.63) is 51.6 Å². The van der Waals surface area contributed by atoms with Crippen LogP contribution in [-0.2, 0) is 11.2 Å². The summed E-state index contributed by atoms with van der Waals surface area (Å²) < 4.78 is 5.12. The van der Waals surface area contributed by atoms with Crippen LogP contribution in [0.4, 0.5) is 0 Å². The molecule has 1 atom stereocenters. The molecular weight excluding hydrogens is 537 g/mol. The molecule has 0 aliphatic heterocycles. The van der Waals surface area contributed by atoms with Gasteiger partial charge in [0, 0.05) is 30.2 Å². The van der Waals surface area contributed by atoms with Crippen LogP contribution in [0.3, 0.4) is 0 Å². The first kappa shape index (κ1) is 26.1. The molecule has 32 heavy (non-hydrogen) atoms. The highest BCUT2D eigenvalue weighted by molar-refractivity contribution is 14.0. The number of fused-ring (bicyclic) bond motifs is 1. The second-order valence-electron chi connectivity index (χ2n) is 7.28. The standard InChI is InChI=1S/C23H31N5O2S.HI/c1-5-24-23(25-13-9-10-17-14-26-19-12-8-7-11-18(17)19)28-16(4)21-27-15(3)20(31-21)22(29)30-6-2;/h7-8,11-12,14,16,26H,5-6,9-10,13H2,1-4H3,(H2,24,25,28);1H. The molecule has 2 heterocycles. The molecule has 7 nitrogen and oxygen atoms in total. The molecule has 0 saturated carbocycles. The first-order chi connectivity index (χ1) is 15.0. The van der Waals surface area contributed by atoms with Gasteiger partial charge < -0.3 is 20.4 Å². The van der Waals surface area contributed by atoms with Crippen molar-refractivity contribution in [1.82, 2.24) is 20.6 Å². The Balaban J connectivity index is 0.00000363. The lowest BCUT2D eigenvalue weighted by Gasteiger charge is -2.16. The number of thiazole rings is 1. The SMILES string of the molecule is CCNC(=NCCCc1c[nH]c2ccccc12)NC(C)c1nc(C)c(C(=O)OCC)s1.I. The van der Waals surface area contributed by atoms with Crippen molar-refractivity contribution in [3.8, 4) is 0 Å². The number of nitrogens with one attached hydrogen (secondary N) is 3. The van der Waals surface area contributed by atoms with E-state index in [4.69, 9.17) is 9.73 Å². The number of ether oxygens (including phenoxy) is 1. The van der Waals surface area contributed by atoms with Gasteiger partial charge in [-0.1, -0.05) is 18.2 Å². The number of halogens is 1. The second-order valence-corrected chi connectivity index (χ2v) is 8.31. The summed E-state index contributed by atoms with van der Waals surface area (Å²) in [6.45, 7) is 9.54. The molecule has 0 aliphatic rings. The highest BCUT2D eigenvalue weighted by Gasteiger charge is 2.20. The monoisotopic (exact) mass is 569 g/mol. The summed E-state index contributed by atoms with van der Waals surface area (Å²) >= 11 is 1.37. The Hall–Kier alpha value is -2.14. The van der Waals surface area contributed by atoms with Gasteiger partial charge in [-0.2, -0.15) is 0 Å². The lowest BCUT2D eigenvalue weighted by molar-refractivity contribution is 0.0531. The molecule has 0 amide bonds. The van der Waals surface area contributed by atoms with Crippen molar-refractivity contribution in [1.29, 1.82) is 0 Å². The Bertz CT molecular complexity index is 1050. The number of esters is 1. The normalized spacial score (nSPS) is 12.3. The van der Waals surface area contributed by atoms with E-state index in [1.807, 2.05) is 26.8 Å². The molecule has 3 aromatic rings. The van der Waals surface area contributed by atoms with Crippen molar-refractivity contribution in [2.24, 2.45) is 4.99 Å². The molecule has 174 valence electrons. The molecule has 0 radical (unpaired) electrons. The van der Waals surface area contributed by atoms with Crippen molar-refractivity contribution in [2.75, 3.05) is 19.7 Å². The Morgan fingerprint density at radius 3 is 2.84 bits per heavy atom. The fourth-order valence-corrected chi connectivity index (χ4v) is 4.34. The van der Waals surface area contributed by atoms with Crippen LogP contribution in [0.5, 0.6) is 0 Å². The Labute approximate surface area is 210 Å². The second kappa shape index (κ2) is 12.8. The van der Waals surface area contributed by atoms with Gasteiger partial charge >= 0.3 is 5.97 Å². The lowest BCUT2D eigenvalue weighted by atomic mass is 10.1. The van der Waals surface area contributed by atoms with E-state index in [-0.39, 0.29) is 36.0 Å². The molecule has 0 spiro atoms. The van der Waals surface area contributed by atoms with Crippen LogP contribution in [0.15, 0.2) is 35.5 Å². The third-order valence-electron chi connectivity index (χ3n) is 4.89. The van der Waals surface area contributed by atoms with Gasteiger partial charge in [-0.3, -0.25) is 4.99 Å². The maximum Gasteiger partial charge on any atom is 0.350 e. The predicted molar refractivity (Wildman–Crippen MR) is 142 cm³/mol. The van der Waals surface area contributed by atoms with Gasteiger partial charge in [0.1, 0.15) is 9.88 Å². The molecule has 0 fully saturated rings. The number of carbonyl (C=O) groups is 1. The predicted octanol–water partition coefficient (Wildman–Crippen LogP) is 4.98. The van der Waals surface area contributed by atoms with Crippen LogP contribution in [0.2, 0.25) is 0 Å². The van der Waals surface area contributed by atoms with Crippen molar-refractivity contribution in [2.45, 2.75) is 46.6 Å². The summed E-state index contributed by atoms with van der Waals surface area (Å²) in [5, 5.41) is 8.80. The molecule has 3 N–H and O–H groups in total. The third-order valence-corrected chi connectivity index (χ3v) is 6.21. The maximum absolute atomic E-state index is 12.1. The zero-order valence-corrected chi connectivity index (χ0v) is 22.2. The van der Waals surface area contributed by atoms with Gasteiger partial charge in [0.15, 0.2) is 5.96 Å². The van der Waals surface area contributed by atoms with Crippen molar-refractivity contribution >= 4 is 58.1 Å². The molecule has 1 aromatic carbocycles. The van der Waals surface area contributed by atoms with Crippen LogP contribution in [-0.4, -0.2) is 41.6 Å². The summed E-state index contributed by atoms with van der Waals surface area (Å²) in [5.74, 6) is 0.438. The quantitative estimate of drug-likeness (QED) is 0.111. The van der Waals surface area contributed by atoms with Crippen LogP contribution in [0, 0.1) is 6.92 Å². The van der Waals surface area contributed by atoms with Crippen LogP contribution >= 0.6 is 35.3 Å². The third kappa shape index (κ3) is 6.68. The molecule has 0 bridgehead atoms. The van der Waals surface area contributed by atoms with E-state index in [9.17, 15) is 4.79 Å². The summed E-state index contributed by atoms with van der Waals surface area (Å²) in [6.07, 6.45) is 4.01. The smallest absolute Gasteiger partial charge is 0.350 e. The molecule has 2 aromatic heterocycles. The van der Waals surface area contributed by atoms with Crippen molar-refractivity contribution < 1.29 is 9.53 Å². The van der Waals surface area contributed by atoms with Crippen LogP contribution in [0.25, 0.3) is 10.9 Å². The van der Waals surface area contributed by atoms with E-state index < -0.39 is 0 Å². The number of aromatic amines is 1. The summed E-state index contributed by atoms with van der Waals surface area (Å²) in [4.78, 5) is 25.2. The van der Waals surface area contributed by atoms with E-state index in [0.29, 0.717) is 23.7 Å². The van der Waals surface area contributed by atoms with Gasteiger partial charge in [-0.15, -0.1) is 35.3 Å². The summed E-state index contributed by atoms with van der Waals surface area (Å²) in [6, 6.07) is 8.29. The van der Waals surface area contributed by atoms with E-state index >= 15 is 0 Å². The number of H-pyrrole nitrogens is 1. The minimum Gasteiger partial charge on any atom is -0.462 e. The zero-order chi connectivity index (χ0) is 22.2. The van der Waals surface area contributed by atoms with Gasteiger partial charge in [-0.25, -0.2) is 9.78 Å². The van der Waals surface area contributed by atoms with E-state index in [1.54, 1.807) is 6.92 Å². The lowest BCUT2D eigenvalue weighted by Crippen LogP contribution is -2.38. The number of aryl methyl sites for hydroxylation is 2. The first-order valence-corrected chi connectivity index (χ1v) is 11.6. The maximum atomic E-state index is 12.1. The van der Waals surface area contributed by atoms with Gasteiger partial charge in [0.2, 0.25) is 0 Å². The minimum atomic E-state index is -0.311. The van der Waals surface area contributed by atoms with Gasteiger partial charge in [-0.05, 0) is 52.2 Å². The number of hydrogen-bond donors (Lipinski definition) is 3. The molecule has 1 unspecified atom stereocenters.